The minimum absolute atomic E-state index is 0.201. The number of nitrogens with zero attached hydrogens (tertiary/aromatic N) is 2. The number of aromatic nitrogens is 2. The maximum atomic E-state index is 5.42. The van der Waals surface area contributed by atoms with Gasteiger partial charge in [-0.15, -0.1) is 0 Å². The predicted octanol–water partition coefficient (Wildman–Crippen LogP) is 3.11. The summed E-state index contributed by atoms with van der Waals surface area (Å²) in [6.45, 7) is 9.88. The SMILES string of the molecule is CCC1CCNC(c2nc(CC(C)(C)C)no2)C1. The van der Waals surface area contributed by atoms with Crippen molar-refractivity contribution >= 4 is 0 Å². The van der Waals surface area contributed by atoms with Crippen molar-refractivity contribution in [3.8, 4) is 0 Å². The lowest BCUT2D eigenvalue weighted by Crippen LogP contribution is -2.31. The zero-order valence-corrected chi connectivity index (χ0v) is 12.0. The highest BCUT2D eigenvalue weighted by molar-refractivity contribution is 4.97. The second kappa shape index (κ2) is 5.39. The zero-order chi connectivity index (χ0) is 13.2. The minimum Gasteiger partial charge on any atom is -0.338 e. The van der Waals surface area contributed by atoms with Gasteiger partial charge in [0.25, 0.3) is 0 Å². The first-order valence-electron chi connectivity index (χ1n) is 7.04. The lowest BCUT2D eigenvalue weighted by Gasteiger charge is -2.27. The van der Waals surface area contributed by atoms with Crippen LogP contribution in [0.15, 0.2) is 4.52 Å². The number of hydrogen-bond donors (Lipinski definition) is 1. The lowest BCUT2D eigenvalue weighted by molar-refractivity contribution is 0.245. The summed E-state index contributed by atoms with van der Waals surface area (Å²) < 4.78 is 5.42. The van der Waals surface area contributed by atoms with Crippen LogP contribution >= 0.6 is 0 Å². The van der Waals surface area contributed by atoms with Gasteiger partial charge in [-0.2, -0.15) is 4.98 Å². The summed E-state index contributed by atoms with van der Waals surface area (Å²) in [7, 11) is 0. The molecule has 1 aromatic rings. The van der Waals surface area contributed by atoms with Gasteiger partial charge in [-0.05, 0) is 30.7 Å². The van der Waals surface area contributed by atoms with E-state index in [-0.39, 0.29) is 11.5 Å². The molecule has 2 unspecified atom stereocenters. The molecule has 0 radical (unpaired) electrons. The predicted molar refractivity (Wildman–Crippen MR) is 71.2 cm³/mol. The molecule has 0 spiro atoms. The van der Waals surface area contributed by atoms with Gasteiger partial charge >= 0.3 is 0 Å². The average molecular weight is 251 g/mol. The summed E-state index contributed by atoms with van der Waals surface area (Å²) in [5.74, 6) is 2.39. The molecule has 4 heteroatoms. The van der Waals surface area contributed by atoms with E-state index in [0.717, 1.165) is 37.0 Å². The van der Waals surface area contributed by atoms with Crippen LogP contribution in [-0.4, -0.2) is 16.7 Å². The molecule has 2 heterocycles. The molecule has 1 aliphatic heterocycles. The third-order valence-corrected chi connectivity index (χ3v) is 3.56. The third-order valence-electron chi connectivity index (χ3n) is 3.56. The normalized spacial score (nSPS) is 25.3. The molecule has 2 rings (SSSR count). The smallest absolute Gasteiger partial charge is 0.243 e. The van der Waals surface area contributed by atoms with Crippen molar-refractivity contribution in [1.82, 2.24) is 15.5 Å². The Morgan fingerprint density at radius 1 is 1.39 bits per heavy atom. The topological polar surface area (TPSA) is 51.0 Å². The van der Waals surface area contributed by atoms with Crippen molar-refractivity contribution < 1.29 is 4.52 Å². The largest absolute Gasteiger partial charge is 0.338 e. The Morgan fingerprint density at radius 3 is 2.83 bits per heavy atom. The lowest BCUT2D eigenvalue weighted by atomic mass is 9.90. The molecule has 0 saturated carbocycles. The number of nitrogens with one attached hydrogen (secondary N) is 1. The third kappa shape index (κ3) is 3.55. The van der Waals surface area contributed by atoms with Crippen LogP contribution in [0, 0.1) is 11.3 Å². The Balaban J connectivity index is 2.01. The Morgan fingerprint density at radius 2 is 2.17 bits per heavy atom. The average Bonchev–Trinajstić information content (AvgIpc) is 2.75. The van der Waals surface area contributed by atoms with E-state index >= 15 is 0 Å². The maximum absolute atomic E-state index is 5.42. The first-order chi connectivity index (χ1) is 8.48. The fourth-order valence-electron chi connectivity index (χ4n) is 2.51. The standard InChI is InChI=1S/C14H25N3O/c1-5-10-6-7-15-11(8-10)13-16-12(17-18-13)9-14(2,3)4/h10-11,15H,5-9H2,1-4H3. The van der Waals surface area contributed by atoms with Gasteiger partial charge in [0.1, 0.15) is 0 Å². The van der Waals surface area contributed by atoms with E-state index < -0.39 is 0 Å². The van der Waals surface area contributed by atoms with Gasteiger partial charge in [0.15, 0.2) is 5.82 Å². The van der Waals surface area contributed by atoms with Crippen LogP contribution in [0.1, 0.15) is 64.7 Å². The van der Waals surface area contributed by atoms with Gasteiger partial charge in [0.2, 0.25) is 5.89 Å². The van der Waals surface area contributed by atoms with Gasteiger partial charge in [-0.3, -0.25) is 0 Å². The summed E-state index contributed by atoms with van der Waals surface area (Å²) >= 11 is 0. The van der Waals surface area contributed by atoms with E-state index in [1.165, 1.54) is 12.8 Å². The van der Waals surface area contributed by atoms with Crippen molar-refractivity contribution in [2.24, 2.45) is 11.3 Å². The number of piperidine rings is 1. The van der Waals surface area contributed by atoms with Crippen molar-refractivity contribution in [2.75, 3.05) is 6.54 Å². The summed E-state index contributed by atoms with van der Waals surface area (Å²) in [5, 5.41) is 7.58. The van der Waals surface area contributed by atoms with E-state index in [1.807, 2.05) is 0 Å². The van der Waals surface area contributed by atoms with Crippen molar-refractivity contribution in [2.45, 2.75) is 59.4 Å². The van der Waals surface area contributed by atoms with E-state index in [4.69, 9.17) is 4.52 Å². The molecule has 2 atom stereocenters. The molecule has 18 heavy (non-hydrogen) atoms. The molecular formula is C14H25N3O. The van der Waals surface area contributed by atoms with Crippen LogP contribution < -0.4 is 5.32 Å². The molecule has 0 amide bonds. The Hall–Kier alpha value is -0.900. The molecule has 4 nitrogen and oxygen atoms in total. The van der Waals surface area contributed by atoms with Gasteiger partial charge < -0.3 is 9.84 Å². The van der Waals surface area contributed by atoms with Crippen molar-refractivity contribution in [3.63, 3.8) is 0 Å². The quantitative estimate of drug-likeness (QED) is 0.896. The maximum Gasteiger partial charge on any atom is 0.243 e. The first kappa shape index (κ1) is 13.5. The van der Waals surface area contributed by atoms with Crippen LogP contribution in [0.3, 0.4) is 0 Å². The van der Waals surface area contributed by atoms with Crippen LogP contribution in [-0.2, 0) is 6.42 Å². The molecule has 0 aliphatic carbocycles. The summed E-state index contributed by atoms with van der Waals surface area (Å²) in [6, 6.07) is 0.255. The van der Waals surface area contributed by atoms with E-state index in [2.05, 4.69) is 43.2 Å². The number of hydrogen-bond acceptors (Lipinski definition) is 4. The molecule has 102 valence electrons. The van der Waals surface area contributed by atoms with Crippen LogP contribution in [0.5, 0.6) is 0 Å². The molecule has 1 fully saturated rings. The molecule has 1 aliphatic rings. The Labute approximate surface area is 110 Å². The van der Waals surface area contributed by atoms with Gasteiger partial charge in [0.05, 0.1) is 6.04 Å². The summed E-state index contributed by atoms with van der Waals surface area (Å²) in [6.07, 6.45) is 4.48. The highest BCUT2D eigenvalue weighted by Gasteiger charge is 2.26. The number of rotatable bonds is 3. The van der Waals surface area contributed by atoms with Crippen molar-refractivity contribution in [3.05, 3.63) is 11.7 Å². The van der Waals surface area contributed by atoms with E-state index in [9.17, 15) is 0 Å². The van der Waals surface area contributed by atoms with Crippen LogP contribution in [0.2, 0.25) is 0 Å². The monoisotopic (exact) mass is 251 g/mol. The first-order valence-corrected chi connectivity index (χ1v) is 7.04. The highest BCUT2D eigenvalue weighted by atomic mass is 16.5. The zero-order valence-electron chi connectivity index (χ0n) is 12.0. The van der Waals surface area contributed by atoms with Crippen LogP contribution in [0.4, 0.5) is 0 Å². The fourth-order valence-corrected chi connectivity index (χ4v) is 2.51. The fraction of sp³-hybridized carbons (Fsp3) is 0.857. The second-order valence-corrected chi connectivity index (χ2v) is 6.59. The molecule has 1 aromatic heterocycles. The Kier molecular flexibility index (Phi) is 4.05. The van der Waals surface area contributed by atoms with Crippen LogP contribution in [0.25, 0.3) is 0 Å². The molecular weight excluding hydrogens is 226 g/mol. The molecule has 0 aromatic carbocycles. The molecule has 1 saturated heterocycles. The van der Waals surface area contributed by atoms with E-state index in [1.54, 1.807) is 0 Å². The summed E-state index contributed by atoms with van der Waals surface area (Å²) in [5.41, 5.74) is 0.201. The highest BCUT2D eigenvalue weighted by Crippen LogP contribution is 2.28. The van der Waals surface area contributed by atoms with Gasteiger partial charge in [-0.1, -0.05) is 39.3 Å². The Bertz CT molecular complexity index is 381. The molecule has 0 bridgehead atoms. The van der Waals surface area contributed by atoms with Gasteiger partial charge in [0, 0.05) is 6.42 Å². The second-order valence-electron chi connectivity index (χ2n) is 6.59. The summed E-state index contributed by atoms with van der Waals surface area (Å²) in [4.78, 5) is 4.55. The van der Waals surface area contributed by atoms with Gasteiger partial charge in [-0.25, -0.2) is 0 Å². The van der Waals surface area contributed by atoms with Crippen molar-refractivity contribution in [1.29, 1.82) is 0 Å². The molecule has 1 N–H and O–H groups in total. The van der Waals surface area contributed by atoms with E-state index in [0.29, 0.717) is 0 Å². The minimum atomic E-state index is 0.201.